The minimum absolute atomic E-state index is 0.0345. The maximum absolute atomic E-state index is 13.3. The van der Waals surface area contributed by atoms with Gasteiger partial charge in [-0.15, -0.1) is 0 Å². The third-order valence-corrected chi connectivity index (χ3v) is 5.65. The Labute approximate surface area is 170 Å². The third-order valence-electron chi connectivity index (χ3n) is 5.65. The smallest absolute Gasteiger partial charge is 0.226 e. The van der Waals surface area contributed by atoms with Crippen molar-refractivity contribution >= 4 is 17.5 Å². The summed E-state index contributed by atoms with van der Waals surface area (Å²) in [5.74, 6) is -0.110. The van der Waals surface area contributed by atoms with Gasteiger partial charge in [0.2, 0.25) is 5.91 Å². The van der Waals surface area contributed by atoms with Crippen LogP contribution in [0.5, 0.6) is 0 Å². The number of benzene rings is 2. The van der Waals surface area contributed by atoms with E-state index in [0.29, 0.717) is 11.4 Å². The number of anilines is 1. The van der Waals surface area contributed by atoms with Crippen LogP contribution in [0.2, 0.25) is 0 Å². The van der Waals surface area contributed by atoms with Crippen molar-refractivity contribution in [2.75, 3.05) is 5.32 Å². The molecule has 1 aliphatic heterocycles. The molecule has 0 saturated heterocycles. The lowest BCUT2D eigenvalue weighted by Gasteiger charge is -2.23. The van der Waals surface area contributed by atoms with Crippen molar-refractivity contribution in [2.45, 2.75) is 46.0 Å². The Morgan fingerprint density at radius 2 is 1.62 bits per heavy atom. The summed E-state index contributed by atoms with van der Waals surface area (Å²) in [7, 11) is 0. The first-order valence-electron chi connectivity index (χ1n) is 10.1. The number of amides is 1. The van der Waals surface area contributed by atoms with Gasteiger partial charge in [0.15, 0.2) is 5.78 Å². The molecule has 2 aromatic carbocycles. The number of carbonyl (C=O) groups excluding carboxylic acids is 2. The van der Waals surface area contributed by atoms with Crippen LogP contribution in [0.15, 0.2) is 48.5 Å². The Kier molecular flexibility index (Phi) is 5.05. The lowest BCUT2D eigenvalue weighted by Crippen LogP contribution is -2.28. The number of aromatic nitrogens is 2. The van der Waals surface area contributed by atoms with E-state index in [0.717, 1.165) is 29.8 Å². The van der Waals surface area contributed by atoms with Crippen LogP contribution in [-0.2, 0) is 17.6 Å². The molecule has 5 nitrogen and oxygen atoms in total. The van der Waals surface area contributed by atoms with Crippen LogP contribution in [-0.4, -0.2) is 21.5 Å². The SMILES string of the molecule is CCc1ccc(C(=O)[C@@H]2CC(=O)Nc3c2c(C)nn3-c2ccc(CC)cc2)cc1. The maximum atomic E-state index is 13.3. The van der Waals surface area contributed by atoms with Gasteiger partial charge in [-0.1, -0.05) is 50.2 Å². The number of ketones is 1. The molecule has 0 unspecified atom stereocenters. The molecule has 1 amide bonds. The van der Waals surface area contributed by atoms with Crippen LogP contribution in [0, 0.1) is 6.92 Å². The predicted molar refractivity (Wildman–Crippen MR) is 114 cm³/mol. The first kappa shape index (κ1) is 19.1. The van der Waals surface area contributed by atoms with E-state index in [1.54, 1.807) is 4.68 Å². The van der Waals surface area contributed by atoms with Crippen LogP contribution >= 0.6 is 0 Å². The molecule has 5 heteroatoms. The minimum atomic E-state index is -0.519. The maximum Gasteiger partial charge on any atom is 0.226 e. The van der Waals surface area contributed by atoms with Gasteiger partial charge >= 0.3 is 0 Å². The van der Waals surface area contributed by atoms with E-state index < -0.39 is 5.92 Å². The molecule has 0 saturated carbocycles. The number of carbonyl (C=O) groups is 2. The second-order valence-electron chi connectivity index (χ2n) is 7.50. The van der Waals surface area contributed by atoms with Crippen LogP contribution in [0.4, 0.5) is 5.82 Å². The normalized spacial score (nSPS) is 15.7. The second kappa shape index (κ2) is 7.66. The highest BCUT2D eigenvalue weighted by molar-refractivity contribution is 6.08. The summed E-state index contributed by atoms with van der Waals surface area (Å²) in [5, 5.41) is 7.60. The molecule has 29 heavy (non-hydrogen) atoms. The molecule has 0 radical (unpaired) electrons. The van der Waals surface area contributed by atoms with Crippen LogP contribution in [0.3, 0.4) is 0 Å². The third kappa shape index (κ3) is 3.48. The van der Waals surface area contributed by atoms with Crippen molar-refractivity contribution in [1.29, 1.82) is 0 Å². The molecule has 1 atom stereocenters. The molecule has 148 valence electrons. The Morgan fingerprint density at radius 1 is 1.03 bits per heavy atom. The molecule has 0 aliphatic carbocycles. The molecule has 4 rings (SSSR count). The van der Waals surface area contributed by atoms with Crippen molar-refractivity contribution in [3.63, 3.8) is 0 Å². The molecular formula is C24H25N3O2. The van der Waals surface area contributed by atoms with E-state index in [2.05, 4.69) is 36.4 Å². The Hall–Kier alpha value is -3.21. The van der Waals surface area contributed by atoms with Gasteiger partial charge in [-0.2, -0.15) is 5.10 Å². The highest BCUT2D eigenvalue weighted by Gasteiger charge is 2.36. The summed E-state index contributed by atoms with van der Waals surface area (Å²) in [5.41, 5.74) is 5.50. The molecule has 1 aliphatic rings. The van der Waals surface area contributed by atoms with Crippen LogP contribution in [0.25, 0.3) is 5.69 Å². The zero-order valence-electron chi connectivity index (χ0n) is 17.0. The van der Waals surface area contributed by atoms with E-state index in [1.807, 2.05) is 43.3 Å². The monoisotopic (exact) mass is 387 g/mol. The van der Waals surface area contributed by atoms with Gasteiger partial charge in [0.1, 0.15) is 5.82 Å². The topological polar surface area (TPSA) is 64.0 Å². The summed E-state index contributed by atoms with van der Waals surface area (Å²) in [6.45, 7) is 6.09. The van der Waals surface area contributed by atoms with Crippen molar-refractivity contribution in [2.24, 2.45) is 0 Å². The fourth-order valence-electron chi connectivity index (χ4n) is 3.94. The lowest BCUT2D eigenvalue weighted by atomic mass is 9.85. The molecule has 1 N–H and O–H groups in total. The second-order valence-corrected chi connectivity index (χ2v) is 7.50. The van der Waals surface area contributed by atoms with Gasteiger partial charge in [0, 0.05) is 17.5 Å². The molecule has 3 aromatic rings. The van der Waals surface area contributed by atoms with E-state index in [-0.39, 0.29) is 18.1 Å². The van der Waals surface area contributed by atoms with E-state index in [4.69, 9.17) is 0 Å². The van der Waals surface area contributed by atoms with Crippen LogP contribution < -0.4 is 5.32 Å². The summed E-state index contributed by atoms with van der Waals surface area (Å²) in [6, 6.07) is 15.8. The van der Waals surface area contributed by atoms with E-state index in [9.17, 15) is 9.59 Å². The molecular weight excluding hydrogens is 362 g/mol. The Morgan fingerprint density at radius 3 is 2.21 bits per heavy atom. The van der Waals surface area contributed by atoms with E-state index in [1.165, 1.54) is 11.1 Å². The first-order valence-corrected chi connectivity index (χ1v) is 10.1. The Bertz CT molecular complexity index is 1060. The quantitative estimate of drug-likeness (QED) is 0.650. The number of nitrogens with zero attached hydrogens (tertiary/aromatic N) is 2. The van der Waals surface area contributed by atoms with Gasteiger partial charge < -0.3 is 5.32 Å². The minimum Gasteiger partial charge on any atom is -0.310 e. The van der Waals surface area contributed by atoms with Crippen molar-refractivity contribution in [3.8, 4) is 5.69 Å². The van der Waals surface area contributed by atoms with Gasteiger partial charge in [-0.25, -0.2) is 4.68 Å². The molecule has 1 aromatic heterocycles. The largest absolute Gasteiger partial charge is 0.310 e. The number of fused-ring (bicyclic) bond motifs is 1. The number of nitrogens with one attached hydrogen (secondary N) is 1. The van der Waals surface area contributed by atoms with Gasteiger partial charge in [0.05, 0.1) is 17.3 Å². The molecule has 0 spiro atoms. The zero-order chi connectivity index (χ0) is 20.5. The summed E-state index contributed by atoms with van der Waals surface area (Å²) in [4.78, 5) is 25.7. The number of Topliss-reactive ketones (excluding diaryl/α,β-unsaturated/α-hetero) is 1. The fraction of sp³-hybridized carbons (Fsp3) is 0.292. The van der Waals surface area contributed by atoms with Crippen molar-refractivity contribution < 1.29 is 9.59 Å². The lowest BCUT2D eigenvalue weighted by molar-refractivity contribution is -0.116. The Balaban J connectivity index is 1.75. The van der Waals surface area contributed by atoms with Crippen molar-refractivity contribution in [3.05, 3.63) is 76.5 Å². The van der Waals surface area contributed by atoms with Crippen molar-refractivity contribution in [1.82, 2.24) is 9.78 Å². The number of aryl methyl sites for hydroxylation is 3. The van der Waals surface area contributed by atoms with E-state index >= 15 is 0 Å². The van der Waals surface area contributed by atoms with Gasteiger partial charge in [0.25, 0.3) is 0 Å². The number of hydrogen-bond acceptors (Lipinski definition) is 3. The fourth-order valence-corrected chi connectivity index (χ4v) is 3.94. The van der Waals surface area contributed by atoms with Gasteiger partial charge in [-0.05, 0) is 43.0 Å². The summed E-state index contributed by atoms with van der Waals surface area (Å²) >= 11 is 0. The predicted octanol–water partition coefficient (Wildman–Crippen LogP) is 4.61. The standard InChI is InChI=1S/C24H25N3O2/c1-4-16-6-10-18(11-7-16)23(29)20-14-21(28)25-24-22(20)15(3)26-27(24)19-12-8-17(5-2)9-13-19/h6-13,20H,4-5,14H2,1-3H3,(H,25,28)/t20-/m1/s1. The average molecular weight is 387 g/mol. The summed E-state index contributed by atoms with van der Waals surface area (Å²) < 4.78 is 1.74. The highest BCUT2D eigenvalue weighted by atomic mass is 16.2. The zero-order valence-corrected chi connectivity index (χ0v) is 17.0. The molecule has 0 fully saturated rings. The summed E-state index contributed by atoms with van der Waals surface area (Å²) in [6.07, 6.45) is 2.02. The molecule has 2 heterocycles. The highest BCUT2D eigenvalue weighted by Crippen LogP contribution is 2.38. The first-order chi connectivity index (χ1) is 14.0. The van der Waals surface area contributed by atoms with Crippen LogP contribution in [0.1, 0.15) is 58.9 Å². The number of rotatable bonds is 5. The van der Waals surface area contributed by atoms with Gasteiger partial charge in [-0.3, -0.25) is 9.59 Å². The molecule has 0 bridgehead atoms. The number of hydrogen-bond donors (Lipinski definition) is 1. The average Bonchev–Trinajstić information content (AvgIpc) is 3.09.